The Labute approximate surface area is 165 Å². The van der Waals surface area contributed by atoms with E-state index in [9.17, 15) is 0 Å². The molecule has 0 aliphatic carbocycles. The summed E-state index contributed by atoms with van der Waals surface area (Å²) in [5.74, 6) is 0.826. The molecule has 0 bridgehead atoms. The Balaban J connectivity index is 1.98. The van der Waals surface area contributed by atoms with Crippen LogP contribution in [0.15, 0.2) is 95.2 Å². The van der Waals surface area contributed by atoms with E-state index in [0.717, 1.165) is 38.0 Å². The minimum atomic E-state index is 0.826. The van der Waals surface area contributed by atoms with Gasteiger partial charge in [-0.1, -0.05) is 60.7 Å². The predicted octanol–water partition coefficient (Wildman–Crippen LogP) is 8.12. The maximum Gasteiger partial charge on any atom is 0.180 e. The van der Waals surface area contributed by atoms with Crippen LogP contribution in [-0.2, 0) is 0 Å². The molecule has 1 nitrogen and oxygen atoms in total. The normalized spacial score (nSPS) is 10.7. The van der Waals surface area contributed by atoms with Crippen molar-refractivity contribution < 1.29 is 4.74 Å². The fourth-order valence-corrected chi connectivity index (χ4v) is 4.32. The smallest absolute Gasteiger partial charge is 0.180 e. The predicted molar refractivity (Wildman–Crippen MR) is 113 cm³/mol. The summed E-state index contributed by atoms with van der Waals surface area (Å²) in [7, 11) is 7.45. The Morgan fingerprint density at radius 2 is 1.35 bits per heavy atom. The highest BCUT2D eigenvalue weighted by Gasteiger charge is 2.18. The molecule has 3 aromatic carbocycles. The molecule has 26 heavy (non-hydrogen) atoms. The van der Waals surface area contributed by atoms with E-state index in [2.05, 4.69) is 24.3 Å². The van der Waals surface area contributed by atoms with Crippen LogP contribution in [0.4, 0.5) is 0 Å². The lowest BCUT2D eigenvalue weighted by molar-refractivity contribution is 0.498. The number of benzene rings is 3. The van der Waals surface area contributed by atoms with Gasteiger partial charge in [-0.3, -0.25) is 0 Å². The van der Waals surface area contributed by atoms with Crippen LogP contribution in [0.1, 0.15) is 0 Å². The Morgan fingerprint density at radius 3 is 1.92 bits per heavy atom. The highest BCUT2D eigenvalue weighted by atomic mass is 35.7. The van der Waals surface area contributed by atoms with Crippen LogP contribution < -0.4 is 4.74 Å². The number of hydrogen-bond acceptors (Lipinski definition) is 3. The van der Waals surface area contributed by atoms with Gasteiger partial charge in [-0.15, -0.1) is 11.3 Å². The minimum Gasteiger partial charge on any atom is -0.446 e. The highest BCUT2D eigenvalue weighted by Crippen LogP contribution is 2.47. The second-order valence-electron chi connectivity index (χ2n) is 5.66. The third-order valence-corrected chi connectivity index (χ3v) is 5.79. The summed E-state index contributed by atoms with van der Waals surface area (Å²) in [4.78, 5) is 1.01. The van der Waals surface area contributed by atoms with Gasteiger partial charge in [0.1, 0.15) is 5.75 Å². The van der Waals surface area contributed by atoms with Crippen LogP contribution in [0, 0.1) is 0 Å². The fraction of sp³-hybridized carbons (Fsp3) is 0. The van der Waals surface area contributed by atoms with Crippen LogP contribution in [0.2, 0.25) is 0 Å². The van der Waals surface area contributed by atoms with E-state index in [1.54, 1.807) is 11.3 Å². The van der Waals surface area contributed by atoms with Gasteiger partial charge < -0.3 is 4.74 Å². The van der Waals surface area contributed by atoms with Gasteiger partial charge in [-0.05, 0) is 62.4 Å². The molecule has 4 aromatic rings. The molecule has 1 heterocycles. The van der Waals surface area contributed by atoms with Gasteiger partial charge in [0, 0.05) is 16.0 Å². The average molecular weight is 395 g/mol. The molecule has 0 aliphatic heterocycles. The van der Waals surface area contributed by atoms with Gasteiger partial charge in [0.05, 0.1) is 0 Å². The summed E-state index contributed by atoms with van der Waals surface area (Å²) in [5, 5.41) is 2.88. The molecule has 4 heteroatoms. The van der Waals surface area contributed by atoms with Crippen molar-refractivity contribution in [3.05, 3.63) is 90.3 Å². The maximum atomic E-state index is 6.23. The van der Waals surface area contributed by atoms with Crippen LogP contribution in [0.3, 0.4) is 0 Å². The van der Waals surface area contributed by atoms with E-state index in [4.69, 9.17) is 15.4 Å². The van der Waals surface area contributed by atoms with Gasteiger partial charge in [-0.25, -0.2) is 0 Å². The maximum absolute atomic E-state index is 6.23. The van der Waals surface area contributed by atoms with Crippen molar-refractivity contribution in [2.24, 2.45) is 0 Å². The number of halogens is 1. The summed E-state index contributed by atoms with van der Waals surface area (Å²) in [6.07, 6.45) is 0. The SMILES string of the molecule is ClSc1ccc(Oc2cccs2)c(-c2ccccc2)c1-c1ccccc1. The van der Waals surface area contributed by atoms with E-state index in [1.165, 1.54) is 11.0 Å². The molecule has 0 unspecified atom stereocenters. The van der Waals surface area contributed by atoms with Crippen molar-refractivity contribution in [3.8, 4) is 33.1 Å². The van der Waals surface area contributed by atoms with Crippen LogP contribution in [-0.4, -0.2) is 0 Å². The molecule has 0 radical (unpaired) electrons. The molecule has 0 atom stereocenters. The lowest BCUT2D eigenvalue weighted by atomic mass is 9.93. The molecular formula is C22H15ClOS2. The molecule has 0 fully saturated rings. The Kier molecular flexibility index (Phi) is 5.30. The monoisotopic (exact) mass is 394 g/mol. The van der Waals surface area contributed by atoms with Gasteiger partial charge in [0.2, 0.25) is 0 Å². The zero-order chi connectivity index (χ0) is 17.8. The zero-order valence-corrected chi connectivity index (χ0v) is 16.2. The van der Waals surface area contributed by atoms with Crippen molar-refractivity contribution in [2.45, 2.75) is 4.90 Å². The van der Waals surface area contributed by atoms with Gasteiger partial charge in [0.25, 0.3) is 0 Å². The number of hydrogen-bond donors (Lipinski definition) is 0. The average Bonchev–Trinajstić information content (AvgIpc) is 3.22. The molecule has 0 N–H and O–H groups in total. The minimum absolute atomic E-state index is 0.826. The van der Waals surface area contributed by atoms with Gasteiger partial charge in [0.15, 0.2) is 5.06 Å². The first kappa shape index (κ1) is 17.2. The first-order valence-electron chi connectivity index (χ1n) is 8.14. The Bertz CT molecular complexity index is 984. The standard InChI is InChI=1S/C22H15ClOS2/c23-26-19-14-13-18(24-20-12-7-15-25-20)21(16-8-3-1-4-9-16)22(19)17-10-5-2-6-11-17/h1-15H. The summed E-state index contributed by atoms with van der Waals surface area (Å²) in [6.45, 7) is 0. The third-order valence-electron chi connectivity index (χ3n) is 4.04. The topological polar surface area (TPSA) is 9.23 Å². The molecule has 128 valence electrons. The van der Waals surface area contributed by atoms with E-state index in [0.29, 0.717) is 0 Å². The molecule has 0 amide bonds. The van der Waals surface area contributed by atoms with E-state index < -0.39 is 0 Å². The molecule has 0 saturated carbocycles. The Morgan fingerprint density at radius 1 is 0.692 bits per heavy atom. The zero-order valence-electron chi connectivity index (χ0n) is 13.8. The first-order valence-corrected chi connectivity index (χ1v) is 10.7. The number of rotatable bonds is 5. The lowest BCUT2D eigenvalue weighted by Crippen LogP contribution is -1.93. The largest absolute Gasteiger partial charge is 0.446 e. The van der Waals surface area contributed by atoms with Gasteiger partial charge >= 0.3 is 0 Å². The van der Waals surface area contributed by atoms with Crippen LogP contribution in [0.25, 0.3) is 22.3 Å². The second kappa shape index (κ2) is 8.00. The molecule has 0 aliphatic rings. The van der Waals surface area contributed by atoms with Crippen LogP contribution >= 0.6 is 33.0 Å². The Hall–Kier alpha value is -2.20. The fourth-order valence-electron chi connectivity index (χ4n) is 2.93. The van der Waals surface area contributed by atoms with E-state index >= 15 is 0 Å². The van der Waals surface area contributed by atoms with Crippen molar-refractivity contribution >= 4 is 33.0 Å². The quantitative estimate of drug-likeness (QED) is 0.338. The van der Waals surface area contributed by atoms with Crippen LogP contribution in [0.5, 0.6) is 10.8 Å². The number of ether oxygens (including phenoxy) is 1. The third kappa shape index (κ3) is 3.51. The molecule has 0 saturated heterocycles. The van der Waals surface area contributed by atoms with E-state index in [-0.39, 0.29) is 0 Å². The second-order valence-corrected chi connectivity index (χ2v) is 7.62. The summed E-state index contributed by atoms with van der Waals surface area (Å²) < 4.78 is 6.23. The molecular weight excluding hydrogens is 380 g/mol. The molecule has 4 rings (SSSR count). The van der Waals surface area contributed by atoms with Crippen molar-refractivity contribution in [2.75, 3.05) is 0 Å². The lowest BCUT2D eigenvalue weighted by Gasteiger charge is -2.18. The van der Waals surface area contributed by atoms with Crippen molar-refractivity contribution in [3.63, 3.8) is 0 Å². The summed E-state index contributed by atoms with van der Waals surface area (Å²) >= 11 is 1.58. The summed E-state index contributed by atoms with van der Waals surface area (Å²) in [5.41, 5.74) is 4.36. The first-order chi connectivity index (χ1) is 12.9. The molecule has 1 aromatic heterocycles. The van der Waals surface area contributed by atoms with Crippen molar-refractivity contribution in [1.29, 1.82) is 0 Å². The molecule has 0 spiro atoms. The van der Waals surface area contributed by atoms with Crippen molar-refractivity contribution in [1.82, 2.24) is 0 Å². The number of thiophene rings is 1. The van der Waals surface area contributed by atoms with Gasteiger partial charge in [-0.2, -0.15) is 0 Å². The summed E-state index contributed by atoms with van der Waals surface area (Å²) in [6, 6.07) is 28.6. The highest BCUT2D eigenvalue weighted by molar-refractivity contribution is 8.21. The van der Waals surface area contributed by atoms with E-state index in [1.807, 2.05) is 66.0 Å².